The second-order valence-electron chi connectivity index (χ2n) is 7.37. The Morgan fingerprint density at radius 2 is 1.88 bits per heavy atom. The van der Waals surface area contributed by atoms with Gasteiger partial charge in [0.25, 0.3) is 5.91 Å². The zero-order chi connectivity index (χ0) is 17.2. The van der Waals surface area contributed by atoms with E-state index in [0.717, 1.165) is 31.5 Å². The largest absolute Gasteiger partial charge is 0.334 e. The van der Waals surface area contributed by atoms with E-state index < -0.39 is 0 Å². The van der Waals surface area contributed by atoms with Gasteiger partial charge in [0, 0.05) is 29.6 Å². The summed E-state index contributed by atoms with van der Waals surface area (Å²) < 4.78 is 0. The molecule has 0 aliphatic carbocycles. The quantitative estimate of drug-likeness (QED) is 0.811. The van der Waals surface area contributed by atoms with Crippen molar-refractivity contribution in [3.05, 3.63) is 46.8 Å². The van der Waals surface area contributed by atoms with E-state index in [1.54, 1.807) is 11.3 Å². The zero-order valence-corrected chi connectivity index (χ0v) is 15.7. The fourth-order valence-electron chi connectivity index (χ4n) is 4.08. The molecule has 1 atom stereocenters. The summed E-state index contributed by atoms with van der Waals surface area (Å²) in [5, 5.41) is 2.17. The van der Waals surface area contributed by atoms with Crippen LogP contribution in [-0.4, -0.2) is 47.9 Å². The van der Waals surface area contributed by atoms with Gasteiger partial charge in [-0.25, -0.2) is 0 Å². The molecule has 3 heterocycles. The number of nitrogens with zero attached hydrogens (tertiary/aromatic N) is 2. The number of carbonyl (C=O) groups excluding carboxylic acids is 1. The molecule has 0 saturated carbocycles. The van der Waals surface area contributed by atoms with E-state index in [2.05, 4.69) is 40.3 Å². The van der Waals surface area contributed by atoms with Crippen molar-refractivity contribution in [1.82, 2.24) is 9.80 Å². The van der Waals surface area contributed by atoms with Crippen LogP contribution in [0.2, 0.25) is 0 Å². The van der Waals surface area contributed by atoms with Crippen molar-refractivity contribution >= 4 is 17.2 Å². The highest BCUT2D eigenvalue weighted by Gasteiger charge is 2.31. The molecule has 0 N–H and O–H groups in total. The summed E-state index contributed by atoms with van der Waals surface area (Å²) >= 11 is 1.76. The third kappa shape index (κ3) is 3.65. The Bertz CT molecular complexity index is 731. The van der Waals surface area contributed by atoms with Crippen LogP contribution in [0, 0.1) is 6.92 Å². The molecule has 0 unspecified atom stereocenters. The van der Waals surface area contributed by atoms with Crippen molar-refractivity contribution in [3.8, 4) is 10.4 Å². The summed E-state index contributed by atoms with van der Waals surface area (Å²) in [5.74, 6) is 0.204. The van der Waals surface area contributed by atoms with Crippen LogP contribution in [-0.2, 0) is 0 Å². The monoisotopic (exact) mass is 354 g/mol. The first-order valence-electron chi connectivity index (χ1n) is 9.39. The van der Waals surface area contributed by atoms with Crippen LogP contribution in [0.5, 0.6) is 0 Å². The van der Waals surface area contributed by atoms with E-state index in [1.165, 1.54) is 41.9 Å². The Morgan fingerprint density at radius 1 is 1.12 bits per heavy atom. The zero-order valence-electron chi connectivity index (χ0n) is 14.9. The van der Waals surface area contributed by atoms with Gasteiger partial charge in [0.05, 0.1) is 0 Å². The van der Waals surface area contributed by atoms with Crippen molar-refractivity contribution in [2.24, 2.45) is 0 Å². The molecule has 1 amide bonds. The highest BCUT2D eigenvalue weighted by atomic mass is 32.1. The van der Waals surface area contributed by atoms with Crippen LogP contribution in [0.25, 0.3) is 10.4 Å². The molecular formula is C21H26N2OS. The molecule has 2 saturated heterocycles. The molecular weight excluding hydrogens is 328 g/mol. The normalized spacial score (nSPS) is 21.2. The molecule has 2 fully saturated rings. The predicted octanol–water partition coefficient (Wildman–Crippen LogP) is 4.42. The molecule has 0 spiro atoms. The summed E-state index contributed by atoms with van der Waals surface area (Å²) in [5.41, 5.74) is 3.32. The number of benzene rings is 1. The van der Waals surface area contributed by atoms with Gasteiger partial charge in [-0.2, -0.15) is 0 Å². The molecule has 2 aliphatic rings. The Balaban J connectivity index is 1.46. The summed E-state index contributed by atoms with van der Waals surface area (Å²) in [6, 6.07) is 10.8. The molecule has 3 nitrogen and oxygen atoms in total. The molecule has 25 heavy (non-hydrogen) atoms. The van der Waals surface area contributed by atoms with Crippen LogP contribution in [0.4, 0.5) is 0 Å². The lowest BCUT2D eigenvalue weighted by atomic mass is 10.1. The Labute approximate surface area is 154 Å². The first-order chi connectivity index (χ1) is 12.2. The Morgan fingerprint density at radius 3 is 2.56 bits per heavy atom. The van der Waals surface area contributed by atoms with Gasteiger partial charge in [-0.3, -0.25) is 4.79 Å². The second kappa shape index (κ2) is 7.30. The van der Waals surface area contributed by atoms with Crippen LogP contribution >= 0.6 is 11.3 Å². The molecule has 132 valence electrons. The first-order valence-corrected chi connectivity index (χ1v) is 10.3. The van der Waals surface area contributed by atoms with E-state index >= 15 is 0 Å². The number of aryl methyl sites for hydroxylation is 1. The van der Waals surface area contributed by atoms with E-state index in [4.69, 9.17) is 0 Å². The van der Waals surface area contributed by atoms with E-state index in [-0.39, 0.29) is 5.91 Å². The maximum absolute atomic E-state index is 13.0. The molecule has 0 bridgehead atoms. The van der Waals surface area contributed by atoms with E-state index in [9.17, 15) is 4.79 Å². The predicted molar refractivity (Wildman–Crippen MR) is 104 cm³/mol. The van der Waals surface area contributed by atoms with E-state index in [0.29, 0.717) is 6.04 Å². The molecule has 1 aromatic carbocycles. The lowest BCUT2D eigenvalue weighted by Crippen LogP contribution is -2.42. The second-order valence-corrected chi connectivity index (χ2v) is 8.28. The highest BCUT2D eigenvalue weighted by Crippen LogP contribution is 2.28. The average Bonchev–Trinajstić information content (AvgIpc) is 3.37. The van der Waals surface area contributed by atoms with Crippen LogP contribution in [0.3, 0.4) is 0 Å². The first kappa shape index (κ1) is 16.8. The maximum atomic E-state index is 13.0. The molecule has 4 rings (SSSR count). The standard InChI is InChI=1S/C21H26N2OS/c1-16-13-20(25-15-16)17-6-8-18(9-7-17)21(24)23-12-4-5-19(23)14-22-10-2-3-11-22/h6-9,13,15,19H,2-5,10-12,14H2,1H3/t19-/m0/s1. The van der Waals surface area contributed by atoms with E-state index in [1.807, 2.05) is 12.1 Å². The highest BCUT2D eigenvalue weighted by molar-refractivity contribution is 7.13. The molecule has 2 aromatic rings. The van der Waals surface area contributed by atoms with Gasteiger partial charge in [-0.05, 0) is 80.4 Å². The minimum atomic E-state index is 0.204. The van der Waals surface area contributed by atoms with Crippen molar-refractivity contribution in [2.75, 3.05) is 26.2 Å². The van der Waals surface area contributed by atoms with Crippen molar-refractivity contribution in [3.63, 3.8) is 0 Å². The minimum absolute atomic E-state index is 0.204. The lowest BCUT2D eigenvalue weighted by Gasteiger charge is -2.28. The number of likely N-dealkylation sites (tertiary alicyclic amines) is 2. The number of carbonyl (C=O) groups is 1. The fourth-order valence-corrected chi connectivity index (χ4v) is 4.99. The summed E-state index contributed by atoms with van der Waals surface area (Å²) in [7, 11) is 0. The summed E-state index contributed by atoms with van der Waals surface area (Å²) in [6.45, 7) is 6.48. The third-order valence-electron chi connectivity index (χ3n) is 5.45. The summed E-state index contributed by atoms with van der Waals surface area (Å²) in [4.78, 5) is 18.9. The number of hydrogen-bond acceptors (Lipinski definition) is 3. The number of rotatable bonds is 4. The number of hydrogen-bond donors (Lipinski definition) is 0. The Kier molecular flexibility index (Phi) is 4.91. The summed E-state index contributed by atoms with van der Waals surface area (Å²) in [6.07, 6.45) is 4.90. The molecule has 2 aliphatic heterocycles. The van der Waals surface area contributed by atoms with Gasteiger partial charge < -0.3 is 9.80 Å². The minimum Gasteiger partial charge on any atom is -0.334 e. The van der Waals surface area contributed by atoms with Gasteiger partial charge in [0.2, 0.25) is 0 Å². The molecule has 4 heteroatoms. The molecule has 1 aromatic heterocycles. The van der Waals surface area contributed by atoms with Gasteiger partial charge in [0.15, 0.2) is 0 Å². The smallest absolute Gasteiger partial charge is 0.254 e. The lowest BCUT2D eigenvalue weighted by molar-refractivity contribution is 0.0709. The van der Waals surface area contributed by atoms with Crippen LogP contribution < -0.4 is 0 Å². The van der Waals surface area contributed by atoms with Gasteiger partial charge >= 0.3 is 0 Å². The van der Waals surface area contributed by atoms with Gasteiger partial charge in [-0.1, -0.05) is 12.1 Å². The van der Waals surface area contributed by atoms with Gasteiger partial charge in [0.1, 0.15) is 0 Å². The van der Waals surface area contributed by atoms with Crippen molar-refractivity contribution in [2.45, 2.75) is 38.6 Å². The average molecular weight is 355 g/mol. The number of amides is 1. The van der Waals surface area contributed by atoms with Crippen molar-refractivity contribution < 1.29 is 4.79 Å². The third-order valence-corrected chi connectivity index (χ3v) is 6.55. The van der Waals surface area contributed by atoms with Crippen LogP contribution in [0.15, 0.2) is 35.7 Å². The van der Waals surface area contributed by atoms with Crippen molar-refractivity contribution in [1.29, 1.82) is 0 Å². The Hall–Kier alpha value is -1.65. The topological polar surface area (TPSA) is 23.6 Å². The maximum Gasteiger partial charge on any atom is 0.254 e. The van der Waals surface area contributed by atoms with Gasteiger partial charge in [-0.15, -0.1) is 11.3 Å². The molecule has 0 radical (unpaired) electrons. The van der Waals surface area contributed by atoms with Crippen LogP contribution in [0.1, 0.15) is 41.6 Å². The SMILES string of the molecule is Cc1csc(-c2ccc(C(=O)N3CCC[C@H]3CN3CCCC3)cc2)c1. The number of thiophene rings is 1. The fraction of sp³-hybridized carbons (Fsp3) is 0.476.